The fraction of sp³-hybridized carbons (Fsp3) is 0.357. The van der Waals surface area contributed by atoms with E-state index in [1.165, 1.54) is 0 Å². The van der Waals surface area contributed by atoms with Crippen molar-refractivity contribution in [1.82, 2.24) is 5.32 Å². The highest BCUT2D eigenvalue weighted by atomic mass is 16.1. The Morgan fingerprint density at radius 1 is 1.25 bits per heavy atom. The molecule has 0 radical (unpaired) electrons. The zero-order valence-electron chi connectivity index (χ0n) is 9.61. The maximum Gasteiger partial charge on any atom is 0.220 e. The second-order valence-electron chi connectivity index (χ2n) is 3.80. The van der Waals surface area contributed by atoms with Crippen LogP contribution in [0.3, 0.4) is 0 Å². The highest BCUT2D eigenvalue weighted by Gasteiger charge is 2.00. The molecule has 0 aromatic heterocycles. The fourth-order valence-electron chi connectivity index (χ4n) is 1.46. The van der Waals surface area contributed by atoms with Crippen LogP contribution in [0, 0.1) is 0 Å². The molecule has 0 aliphatic rings. The van der Waals surface area contributed by atoms with E-state index in [1.54, 1.807) is 0 Å². The predicted molar refractivity (Wildman–Crippen MR) is 67.0 cm³/mol. The highest BCUT2D eigenvalue weighted by molar-refractivity contribution is 5.75. The smallest absolute Gasteiger partial charge is 0.220 e. The number of nitrogens with one attached hydrogen (secondary N) is 1. The largest absolute Gasteiger partial charge is 0.352 e. The molecule has 0 unspecified atom stereocenters. The molecular formula is C14H19NO. The van der Waals surface area contributed by atoms with Crippen molar-refractivity contribution in [1.29, 1.82) is 0 Å². The minimum absolute atomic E-state index is 0.132. The Morgan fingerprint density at radius 2 is 2.00 bits per heavy atom. The number of allylic oxidation sites excluding steroid dienone is 1. The van der Waals surface area contributed by atoms with E-state index in [-0.39, 0.29) is 5.91 Å². The lowest BCUT2D eigenvalue weighted by Crippen LogP contribution is -2.22. The van der Waals surface area contributed by atoms with Gasteiger partial charge in [0, 0.05) is 13.0 Å². The summed E-state index contributed by atoms with van der Waals surface area (Å²) in [5.41, 5.74) is 1.14. The SMILES string of the molecule is C=CCCCCC(=O)NCc1ccccc1. The van der Waals surface area contributed by atoms with Crippen molar-refractivity contribution in [3.63, 3.8) is 0 Å². The molecule has 0 bridgehead atoms. The van der Waals surface area contributed by atoms with Crippen LogP contribution in [0.1, 0.15) is 31.2 Å². The first-order valence-corrected chi connectivity index (χ1v) is 5.74. The Hall–Kier alpha value is -1.57. The number of hydrogen-bond donors (Lipinski definition) is 1. The lowest BCUT2D eigenvalue weighted by molar-refractivity contribution is -0.121. The Kier molecular flexibility index (Phi) is 6.00. The summed E-state index contributed by atoms with van der Waals surface area (Å²) in [5, 5.41) is 2.91. The molecule has 86 valence electrons. The first kappa shape index (κ1) is 12.5. The molecule has 0 spiro atoms. The van der Waals surface area contributed by atoms with Gasteiger partial charge in [0.2, 0.25) is 5.91 Å². The van der Waals surface area contributed by atoms with Crippen molar-refractivity contribution in [3.05, 3.63) is 48.6 Å². The van der Waals surface area contributed by atoms with Crippen molar-refractivity contribution >= 4 is 5.91 Å². The van der Waals surface area contributed by atoms with Gasteiger partial charge in [0.15, 0.2) is 0 Å². The van der Waals surface area contributed by atoms with E-state index in [9.17, 15) is 4.79 Å². The molecule has 1 rings (SSSR count). The molecule has 1 aromatic carbocycles. The van der Waals surface area contributed by atoms with Crippen LogP contribution in [0.15, 0.2) is 43.0 Å². The van der Waals surface area contributed by atoms with Crippen LogP contribution in [0.4, 0.5) is 0 Å². The van der Waals surface area contributed by atoms with Gasteiger partial charge in [-0.2, -0.15) is 0 Å². The summed E-state index contributed by atoms with van der Waals surface area (Å²) in [6.07, 6.45) is 5.48. The van der Waals surface area contributed by atoms with Gasteiger partial charge in [-0.25, -0.2) is 0 Å². The Labute approximate surface area is 97.4 Å². The van der Waals surface area contributed by atoms with Crippen LogP contribution in [0.25, 0.3) is 0 Å². The first-order chi connectivity index (χ1) is 7.83. The molecular weight excluding hydrogens is 198 g/mol. The Bertz CT molecular complexity index is 319. The number of unbranched alkanes of at least 4 members (excludes halogenated alkanes) is 2. The molecule has 1 amide bonds. The minimum atomic E-state index is 0.132. The summed E-state index contributed by atoms with van der Waals surface area (Å²) in [6.45, 7) is 4.28. The van der Waals surface area contributed by atoms with Gasteiger partial charge >= 0.3 is 0 Å². The van der Waals surface area contributed by atoms with Crippen LogP contribution < -0.4 is 5.32 Å². The van der Waals surface area contributed by atoms with Gasteiger partial charge in [-0.3, -0.25) is 4.79 Å². The molecule has 0 fully saturated rings. The number of carbonyl (C=O) groups excluding carboxylic acids is 1. The van der Waals surface area contributed by atoms with Crippen molar-refractivity contribution < 1.29 is 4.79 Å². The van der Waals surface area contributed by atoms with E-state index in [2.05, 4.69) is 11.9 Å². The number of benzene rings is 1. The second-order valence-corrected chi connectivity index (χ2v) is 3.80. The summed E-state index contributed by atoms with van der Waals surface area (Å²) in [7, 11) is 0. The fourth-order valence-corrected chi connectivity index (χ4v) is 1.46. The normalized spacial score (nSPS) is 9.75. The van der Waals surface area contributed by atoms with Crippen LogP contribution in [0.2, 0.25) is 0 Å². The van der Waals surface area contributed by atoms with E-state index in [1.807, 2.05) is 36.4 Å². The second kappa shape index (κ2) is 7.69. The van der Waals surface area contributed by atoms with Gasteiger partial charge < -0.3 is 5.32 Å². The molecule has 0 heterocycles. The van der Waals surface area contributed by atoms with Gasteiger partial charge in [0.05, 0.1) is 0 Å². The molecule has 0 saturated heterocycles. The zero-order chi connectivity index (χ0) is 11.6. The van der Waals surface area contributed by atoms with E-state index in [4.69, 9.17) is 0 Å². The molecule has 2 heteroatoms. The molecule has 1 N–H and O–H groups in total. The number of carbonyl (C=O) groups is 1. The lowest BCUT2D eigenvalue weighted by atomic mass is 10.2. The van der Waals surface area contributed by atoms with Gasteiger partial charge in [-0.15, -0.1) is 6.58 Å². The summed E-state index contributed by atoms with van der Waals surface area (Å²) in [5.74, 6) is 0.132. The number of rotatable bonds is 7. The van der Waals surface area contributed by atoms with Gasteiger partial charge in [-0.05, 0) is 24.8 Å². The Balaban J connectivity index is 2.13. The van der Waals surface area contributed by atoms with Crippen LogP contribution in [-0.4, -0.2) is 5.91 Å². The van der Waals surface area contributed by atoms with E-state index in [0.717, 1.165) is 24.8 Å². The molecule has 0 saturated carbocycles. The van der Waals surface area contributed by atoms with Crippen molar-refractivity contribution in [2.75, 3.05) is 0 Å². The van der Waals surface area contributed by atoms with Gasteiger partial charge in [0.25, 0.3) is 0 Å². The zero-order valence-corrected chi connectivity index (χ0v) is 9.61. The van der Waals surface area contributed by atoms with Crippen molar-refractivity contribution in [2.24, 2.45) is 0 Å². The standard InChI is InChI=1S/C14H19NO/c1-2-3-4-8-11-14(16)15-12-13-9-6-5-7-10-13/h2,5-7,9-10H,1,3-4,8,11-12H2,(H,15,16). The summed E-state index contributed by atoms with van der Waals surface area (Å²) in [4.78, 5) is 11.4. The maximum absolute atomic E-state index is 11.4. The third-order valence-electron chi connectivity index (χ3n) is 2.39. The number of hydrogen-bond acceptors (Lipinski definition) is 1. The quantitative estimate of drug-likeness (QED) is 0.552. The van der Waals surface area contributed by atoms with Gasteiger partial charge in [0.1, 0.15) is 0 Å². The van der Waals surface area contributed by atoms with E-state index >= 15 is 0 Å². The molecule has 0 aliphatic heterocycles. The predicted octanol–water partition coefficient (Wildman–Crippen LogP) is 3.05. The third-order valence-corrected chi connectivity index (χ3v) is 2.39. The molecule has 0 atom stereocenters. The average Bonchev–Trinajstić information content (AvgIpc) is 2.33. The van der Waals surface area contributed by atoms with Crippen LogP contribution in [-0.2, 0) is 11.3 Å². The summed E-state index contributed by atoms with van der Waals surface area (Å²) in [6, 6.07) is 9.95. The first-order valence-electron chi connectivity index (χ1n) is 5.74. The van der Waals surface area contributed by atoms with Gasteiger partial charge in [-0.1, -0.05) is 36.4 Å². The highest BCUT2D eigenvalue weighted by Crippen LogP contribution is 2.01. The molecule has 0 aliphatic carbocycles. The maximum atomic E-state index is 11.4. The topological polar surface area (TPSA) is 29.1 Å². The average molecular weight is 217 g/mol. The summed E-state index contributed by atoms with van der Waals surface area (Å²) < 4.78 is 0. The molecule has 1 aromatic rings. The van der Waals surface area contributed by atoms with E-state index in [0.29, 0.717) is 13.0 Å². The van der Waals surface area contributed by atoms with Crippen molar-refractivity contribution in [3.8, 4) is 0 Å². The monoisotopic (exact) mass is 217 g/mol. The Morgan fingerprint density at radius 3 is 2.69 bits per heavy atom. The third kappa shape index (κ3) is 5.35. The molecule has 2 nitrogen and oxygen atoms in total. The number of amides is 1. The summed E-state index contributed by atoms with van der Waals surface area (Å²) >= 11 is 0. The van der Waals surface area contributed by atoms with Crippen LogP contribution >= 0.6 is 0 Å². The van der Waals surface area contributed by atoms with Crippen LogP contribution in [0.5, 0.6) is 0 Å². The van der Waals surface area contributed by atoms with E-state index < -0.39 is 0 Å². The molecule has 16 heavy (non-hydrogen) atoms. The van der Waals surface area contributed by atoms with Crippen molar-refractivity contribution in [2.45, 2.75) is 32.2 Å². The lowest BCUT2D eigenvalue weighted by Gasteiger charge is -2.04. The minimum Gasteiger partial charge on any atom is -0.352 e.